The van der Waals surface area contributed by atoms with Gasteiger partial charge in [-0.15, -0.1) is 0 Å². The molecular formula is C43H64O8. The highest BCUT2D eigenvalue weighted by Gasteiger charge is 2.14. The zero-order valence-corrected chi connectivity index (χ0v) is 33.4. The van der Waals surface area contributed by atoms with Crippen molar-refractivity contribution in [2.45, 2.75) is 67.7 Å². The van der Waals surface area contributed by atoms with Crippen LogP contribution in [0.4, 0.5) is 0 Å². The van der Waals surface area contributed by atoms with Gasteiger partial charge in [0.1, 0.15) is 12.4 Å². The molecule has 0 saturated carbocycles. The maximum Gasteiger partial charge on any atom is 0.203 e. The molecule has 0 bridgehead atoms. The van der Waals surface area contributed by atoms with E-state index in [1.807, 2.05) is 64.1 Å². The van der Waals surface area contributed by atoms with E-state index in [9.17, 15) is 0 Å². The normalized spacial score (nSPS) is 10.1. The van der Waals surface area contributed by atoms with Crippen LogP contribution in [0.3, 0.4) is 0 Å². The molecular weight excluding hydrogens is 644 g/mol. The average Bonchev–Trinajstić information content (AvgIpc) is 3.19. The summed E-state index contributed by atoms with van der Waals surface area (Å²) in [6.45, 7) is 20.3. The second-order valence-corrected chi connectivity index (χ2v) is 10.3. The third-order valence-corrected chi connectivity index (χ3v) is 6.64. The summed E-state index contributed by atoms with van der Waals surface area (Å²) in [6, 6.07) is 16.1. The highest BCUT2D eigenvalue weighted by atomic mass is 16.5. The van der Waals surface area contributed by atoms with Gasteiger partial charge in [0.15, 0.2) is 23.0 Å². The lowest BCUT2D eigenvalue weighted by molar-refractivity contribution is 0.115. The molecule has 0 N–H and O–H groups in total. The zero-order chi connectivity index (χ0) is 38.4. The van der Waals surface area contributed by atoms with Crippen LogP contribution in [-0.4, -0.2) is 62.0 Å². The molecule has 0 atom stereocenters. The molecule has 0 radical (unpaired) electrons. The lowest BCUT2D eigenvalue weighted by atomic mass is 10.1. The number of ether oxygens (including phenoxy) is 8. The van der Waals surface area contributed by atoms with E-state index in [1.165, 1.54) is 0 Å². The van der Waals surface area contributed by atoms with Gasteiger partial charge in [-0.2, -0.15) is 0 Å². The lowest BCUT2D eigenvalue weighted by Crippen LogP contribution is -2.00. The average molecular weight is 709 g/mol. The summed E-state index contributed by atoms with van der Waals surface area (Å²) >= 11 is 0. The molecule has 3 rings (SSSR count). The van der Waals surface area contributed by atoms with Gasteiger partial charge in [0, 0.05) is 6.61 Å². The molecule has 8 heteroatoms. The third kappa shape index (κ3) is 17.3. The van der Waals surface area contributed by atoms with Gasteiger partial charge in [-0.25, -0.2) is 0 Å². The molecule has 0 saturated heterocycles. The lowest BCUT2D eigenvalue weighted by Gasteiger charge is -2.15. The Kier molecular flexibility index (Phi) is 26.6. The van der Waals surface area contributed by atoms with Crippen LogP contribution in [-0.2, 0) is 9.47 Å². The molecule has 3 aromatic rings. The Bertz CT molecular complexity index is 1260. The maximum atomic E-state index is 5.83. The summed E-state index contributed by atoms with van der Waals surface area (Å²) in [5.74, 6) is 4.54. The molecule has 0 unspecified atom stereocenters. The topological polar surface area (TPSA) is 73.8 Å². The van der Waals surface area contributed by atoms with Crippen LogP contribution in [0, 0.1) is 0 Å². The Morgan fingerprint density at radius 2 is 0.824 bits per heavy atom. The van der Waals surface area contributed by atoms with E-state index in [2.05, 4.69) is 63.8 Å². The first-order valence-electron chi connectivity index (χ1n) is 17.9. The molecule has 0 amide bonds. The predicted molar refractivity (Wildman–Crippen MR) is 215 cm³/mol. The molecule has 0 aliphatic rings. The summed E-state index contributed by atoms with van der Waals surface area (Å²) in [5, 5.41) is 0. The van der Waals surface area contributed by atoms with Crippen molar-refractivity contribution in [1.29, 1.82) is 0 Å². The van der Waals surface area contributed by atoms with Gasteiger partial charge in [0.2, 0.25) is 11.5 Å². The van der Waals surface area contributed by atoms with Crippen molar-refractivity contribution in [3.63, 3.8) is 0 Å². The van der Waals surface area contributed by atoms with Crippen LogP contribution in [0.15, 0.2) is 60.9 Å². The van der Waals surface area contributed by atoms with E-state index in [4.69, 9.17) is 37.9 Å². The van der Waals surface area contributed by atoms with Crippen molar-refractivity contribution < 1.29 is 37.9 Å². The van der Waals surface area contributed by atoms with E-state index in [1.54, 1.807) is 35.5 Å². The van der Waals surface area contributed by atoms with Gasteiger partial charge < -0.3 is 37.9 Å². The van der Waals surface area contributed by atoms with Crippen LogP contribution in [0.25, 0.3) is 24.3 Å². The highest BCUT2D eigenvalue weighted by molar-refractivity contribution is 5.75. The molecule has 0 spiro atoms. The Labute approximate surface area is 309 Å². The van der Waals surface area contributed by atoms with Crippen LogP contribution < -0.4 is 28.4 Å². The van der Waals surface area contributed by atoms with Crippen molar-refractivity contribution in [1.82, 2.24) is 0 Å². The van der Waals surface area contributed by atoms with Gasteiger partial charge in [-0.1, -0.05) is 104 Å². The molecule has 3 aromatic carbocycles. The zero-order valence-electron chi connectivity index (χ0n) is 33.4. The van der Waals surface area contributed by atoms with Gasteiger partial charge in [0.05, 0.1) is 48.8 Å². The number of methoxy groups -OCH3 is 5. The predicted octanol–water partition coefficient (Wildman–Crippen LogP) is 11.3. The maximum absolute atomic E-state index is 5.83. The first-order chi connectivity index (χ1) is 24.9. The number of hydrogen-bond acceptors (Lipinski definition) is 8. The van der Waals surface area contributed by atoms with Crippen molar-refractivity contribution >= 4 is 24.3 Å². The fourth-order valence-electron chi connectivity index (χ4n) is 4.18. The van der Waals surface area contributed by atoms with E-state index >= 15 is 0 Å². The monoisotopic (exact) mass is 708 g/mol. The summed E-state index contributed by atoms with van der Waals surface area (Å²) < 4.78 is 43.7. The standard InChI is InChI=1S/C32H38O6.C7H14O2.2C2H6/c1-7-17-37-31-27(33-3)19-25(20-28(31)34-4)15-13-23-9-11-24(12-10-23)14-16-26-21-29(35-5)32(38-18-8-2)30(22-26)36-6;1-4-5-9-6-7(2)8-3;2*1-2/h9-16,19-22H,7-8,17-18H2,1-6H3;2,4-6H2,1,3H3;2*1-2H3/b15-13+,16-14+;;;. The number of rotatable bonds is 19. The fourth-order valence-corrected chi connectivity index (χ4v) is 4.18. The van der Waals surface area contributed by atoms with Gasteiger partial charge in [0.25, 0.3) is 0 Å². The van der Waals surface area contributed by atoms with Gasteiger partial charge in [-0.3, -0.25) is 0 Å². The largest absolute Gasteiger partial charge is 0.499 e. The molecule has 51 heavy (non-hydrogen) atoms. The van der Waals surface area contributed by atoms with Crippen molar-refractivity contribution in [3.05, 3.63) is 83.1 Å². The molecule has 284 valence electrons. The fraction of sp³-hybridized carbons (Fsp3) is 0.442. The Morgan fingerprint density at radius 3 is 1.10 bits per heavy atom. The van der Waals surface area contributed by atoms with Gasteiger partial charge >= 0.3 is 0 Å². The number of hydrogen-bond donors (Lipinski definition) is 0. The first-order valence-corrected chi connectivity index (χ1v) is 17.9. The van der Waals surface area contributed by atoms with E-state index < -0.39 is 0 Å². The number of benzene rings is 3. The quantitative estimate of drug-likeness (QED) is 0.0692. The third-order valence-electron chi connectivity index (χ3n) is 6.64. The smallest absolute Gasteiger partial charge is 0.203 e. The van der Waals surface area contributed by atoms with Crippen molar-refractivity contribution in [3.8, 4) is 34.5 Å². The minimum atomic E-state index is 0.518. The molecule has 0 aliphatic carbocycles. The Morgan fingerprint density at radius 1 is 0.510 bits per heavy atom. The second kappa shape index (κ2) is 29.2. The minimum absolute atomic E-state index is 0.518. The van der Waals surface area contributed by atoms with Crippen LogP contribution in [0.1, 0.15) is 90.0 Å². The van der Waals surface area contributed by atoms with E-state index in [0.29, 0.717) is 60.1 Å². The van der Waals surface area contributed by atoms with E-state index in [0.717, 1.165) is 48.1 Å². The molecule has 0 fully saturated rings. The summed E-state index contributed by atoms with van der Waals surface area (Å²) in [4.78, 5) is 0. The molecule has 0 aliphatic heterocycles. The van der Waals surface area contributed by atoms with Crippen molar-refractivity contribution in [2.75, 3.05) is 62.0 Å². The summed E-state index contributed by atoms with van der Waals surface area (Å²) in [5.41, 5.74) is 4.07. The van der Waals surface area contributed by atoms with Crippen LogP contribution >= 0.6 is 0 Å². The minimum Gasteiger partial charge on any atom is -0.499 e. The first kappa shape index (κ1) is 46.4. The summed E-state index contributed by atoms with van der Waals surface area (Å²) in [7, 11) is 8.13. The summed E-state index contributed by atoms with van der Waals surface area (Å²) in [6.07, 6.45) is 11.0. The van der Waals surface area contributed by atoms with Crippen LogP contribution in [0.5, 0.6) is 34.5 Å². The highest BCUT2D eigenvalue weighted by Crippen LogP contribution is 2.40. The molecule has 8 nitrogen and oxygen atoms in total. The van der Waals surface area contributed by atoms with Crippen molar-refractivity contribution in [2.24, 2.45) is 0 Å². The van der Waals surface area contributed by atoms with Crippen LogP contribution in [0.2, 0.25) is 0 Å². The second-order valence-electron chi connectivity index (χ2n) is 10.3. The molecule has 0 heterocycles. The Balaban J connectivity index is 0.00000165. The molecule has 0 aromatic heterocycles. The van der Waals surface area contributed by atoms with Gasteiger partial charge in [-0.05, 0) is 65.8 Å². The van der Waals surface area contributed by atoms with E-state index in [-0.39, 0.29) is 0 Å². The SMILES string of the molecule is C=C(COCCC)OC.CC.CC.CCCOc1c(OC)cc(/C=C/c2ccc(/C=C/c3cc(OC)c(OCCC)c(OC)c3)cc2)cc1OC. The Hall–Kier alpha value is -4.56.